The van der Waals surface area contributed by atoms with E-state index in [1.165, 1.54) is 39.4 Å². The predicted octanol–water partition coefficient (Wildman–Crippen LogP) is 0.307. The smallest absolute Gasteiger partial charge is 1.00 e. The Labute approximate surface area is 177 Å². The van der Waals surface area contributed by atoms with Crippen LogP contribution in [0.5, 0.6) is 0 Å². The van der Waals surface area contributed by atoms with Gasteiger partial charge < -0.3 is 24.8 Å². The number of halogens is 2. The van der Waals surface area contributed by atoms with Crippen LogP contribution in [0.4, 0.5) is 0 Å². The minimum atomic E-state index is 0. The van der Waals surface area contributed by atoms with Crippen LogP contribution in [0.3, 0.4) is 0 Å². The first kappa shape index (κ1) is 23.5. The van der Waals surface area contributed by atoms with Gasteiger partial charge in [0.1, 0.15) is 0 Å². The zero-order chi connectivity index (χ0) is 14.8. The van der Waals surface area contributed by atoms with Crippen LogP contribution in [-0.2, 0) is 32.6 Å². The summed E-state index contributed by atoms with van der Waals surface area (Å²) in [6.07, 6.45) is 2.29. The number of rotatable bonds is 4. The summed E-state index contributed by atoms with van der Waals surface area (Å²) in [4.78, 5) is 0. The van der Waals surface area contributed by atoms with Crippen LogP contribution in [0.2, 0.25) is 0 Å². The molecule has 1 radical (unpaired) electrons. The molecule has 3 aromatic carbocycles. The predicted molar refractivity (Wildman–Crippen MR) is 93.1 cm³/mol. The SMILES string of the molecule is CCc1cc2c(-c3ccc(C(C)CC)cc3)cccc2[cH-]1.[Cl-].[Cl-].[Zr+3]. The summed E-state index contributed by atoms with van der Waals surface area (Å²) < 4.78 is 0. The maximum absolute atomic E-state index is 2.34. The summed E-state index contributed by atoms with van der Waals surface area (Å²) in [7, 11) is 0. The fraction of sp³-hybridized carbons (Fsp3) is 0.286. The molecule has 0 aliphatic rings. The molecular formula is C21H23Cl2Zr. The summed E-state index contributed by atoms with van der Waals surface area (Å²) in [6.45, 7) is 6.75. The van der Waals surface area contributed by atoms with Crippen molar-refractivity contribution < 1.29 is 51.0 Å². The van der Waals surface area contributed by atoms with Crippen molar-refractivity contribution in [2.24, 2.45) is 0 Å². The Hall–Kier alpha value is -0.487. The zero-order valence-corrected chi connectivity index (χ0v) is 18.4. The van der Waals surface area contributed by atoms with Gasteiger partial charge in [-0.25, -0.2) is 0 Å². The van der Waals surface area contributed by atoms with Crippen molar-refractivity contribution in [1.29, 1.82) is 0 Å². The minimum Gasteiger partial charge on any atom is -1.00 e. The third-order valence-corrected chi connectivity index (χ3v) is 4.62. The zero-order valence-electron chi connectivity index (χ0n) is 14.4. The molecule has 0 bridgehead atoms. The topological polar surface area (TPSA) is 0 Å². The van der Waals surface area contributed by atoms with E-state index in [1.54, 1.807) is 0 Å². The van der Waals surface area contributed by atoms with Gasteiger partial charge in [-0.1, -0.05) is 56.7 Å². The van der Waals surface area contributed by atoms with Gasteiger partial charge in [0.15, 0.2) is 0 Å². The van der Waals surface area contributed by atoms with Crippen LogP contribution < -0.4 is 24.8 Å². The maximum Gasteiger partial charge on any atom is 3.00 e. The van der Waals surface area contributed by atoms with E-state index in [0.717, 1.165) is 6.42 Å². The van der Waals surface area contributed by atoms with Gasteiger partial charge in [-0.2, -0.15) is 6.07 Å². The van der Waals surface area contributed by atoms with Crippen molar-refractivity contribution in [2.45, 2.75) is 39.5 Å². The maximum atomic E-state index is 2.34. The van der Waals surface area contributed by atoms with E-state index in [4.69, 9.17) is 0 Å². The summed E-state index contributed by atoms with van der Waals surface area (Å²) in [5, 5.41) is 2.74. The van der Waals surface area contributed by atoms with Gasteiger partial charge in [0.2, 0.25) is 0 Å². The Morgan fingerprint density at radius 2 is 1.62 bits per heavy atom. The fourth-order valence-electron chi connectivity index (χ4n) is 2.98. The summed E-state index contributed by atoms with van der Waals surface area (Å²) >= 11 is 0. The van der Waals surface area contributed by atoms with Crippen molar-refractivity contribution in [3.63, 3.8) is 0 Å². The molecule has 0 fully saturated rings. The molecule has 0 aliphatic heterocycles. The normalized spacial score (nSPS) is 11.1. The number of hydrogen-bond donors (Lipinski definition) is 0. The van der Waals surface area contributed by atoms with Crippen LogP contribution in [0.15, 0.2) is 54.6 Å². The van der Waals surface area contributed by atoms with Gasteiger partial charge in [0, 0.05) is 0 Å². The molecule has 0 spiro atoms. The molecule has 0 aromatic heterocycles. The average Bonchev–Trinajstić information content (AvgIpc) is 2.97. The van der Waals surface area contributed by atoms with Crippen LogP contribution >= 0.6 is 0 Å². The minimum absolute atomic E-state index is 0. The van der Waals surface area contributed by atoms with E-state index >= 15 is 0 Å². The van der Waals surface area contributed by atoms with E-state index in [-0.39, 0.29) is 51.0 Å². The van der Waals surface area contributed by atoms with E-state index < -0.39 is 0 Å². The van der Waals surface area contributed by atoms with E-state index in [1.807, 2.05) is 0 Å². The second kappa shape index (κ2) is 10.5. The molecule has 0 nitrogen and oxygen atoms in total. The molecule has 0 heterocycles. The fourth-order valence-corrected chi connectivity index (χ4v) is 2.98. The van der Waals surface area contributed by atoms with E-state index in [9.17, 15) is 0 Å². The van der Waals surface area contributed by atoms with Crippen molar-refractivity contribution in [3.05, 3.63) is 65.7 Å². The summed E-state index contributed by atoms with van der Waals surface area (Å²) in [6, 6.07) is 20.4. The Morgan fingerprint density at radius 1 is 0.958 bits per heavy atom. The van der Waals surface area contributed by atoms with Crippen LogP contribution in [0.25, 0.3) is 21.9 Å². The van der Waals surface area contributed by atoms with Crippen molar-refractivity contribution in [1.82, 2.24) is 0 Å². The first-order valence-corrected chi connectivity index (χ1v) is 8.01. The van der Waals surface area contributed by atoms with Crippen molar-refractivity contribution in [2.75, 3.05) is 0 Å². The molecule has 0 saturated carbocycles. The van der Waals surface area contributed by atoms with Crippen LogP contribution in [-0.4, -0.2) is 0 Å². The molecular weight excluding hydrogens is 414 g/mol. The number of benzene rings is 2. The van der Waals surface area contributed by atoms with Crippen LogP contribution in [0, 0.1) is 0 Å². The van der Waals surface area contributed by atoms with Gasteiger partial charge >= 0.3 is 26.2 Å². The van der Waals surface area contributed by atoms with Crippen molar-refractivity contribution in [3.8, 4) is 11.1 Å². The number of fused-ring (bicyclic) bond motifs is 1. The second-order valence-electron chi connectivity index (χ2n) is 5.96. The average molecular weight is 438 g/mol. The molecule has 1 atom stereocenters. The van der Waals surface area contributed by atoms with Gasteiger partial charge in [-0.3, -0.25) is 0 Å². The van der Waals surface area contributed by atoms with Gasteiger partial charge in [0.25, 0.3) is 0 Å². The summed E-state index contributed by atoms with van der Waals surface area (Å²) in [5.41, 5.74) is 5.53. The molecule has 1 unspecified atom stereocenters. The first-order valence-electron chi connectivity index (χ1n) is 8.01. The second-order valence-corrected chi connectivity index (χ2v) is 5.96. The monoisotopic (exact) mass is 435 g/mol. The first-order chi connectivity index (χ1) is 10.2. The third-order valence-electron chi connectivity index (χ3n) is 4.62. The molecule has 3 heteroatoms. The van der Waals surface area contributed by atoms with Crippen molar-refractivity contribution >= 4 is 10.8 Å². The summed E-state index contributed by atoms with van der Waals surface area (Å²) in [5.74, 6) is 0.639. The van der Waals surface area contributed by atoms with Gasteiger partial charge in [0.05, 0.1) is 0 Å². The quantitative estimate of drug-likeness (QED) is 0.516. The molecule has 0 amide bonds. The van der Waals surface area contributed by atoms with Crippen LogP contribution in [0.1, 0.15) is 44.2 Å². The van der Waals surface area contributed by atoms with Gasteiger partial charge in [-0.05, 0) is 29.9 Å². The Bertz CT molecular complexity index is 744. The molecule has 0 saturated heterocycles. The molecule has 0 N–H and O–H groups in total. The number of aryl methyl sites for hydroxylation is 1. The molecule has 125 valence electrons. The molecule has 0 aliphatic carbocycles. The molecule has 3 rings (SSSR count). The largest absolute Gasteiger partial charge is 3.00 e. The third kappa shape index (κ3) is 4.78. The Balaban J connectivity index is 0.00000176. The van der Waals surface area contributed by atoms with Gasteiger partial charge in [-0.15, -0.1) is 34.5 Å². The van der Waals surface area contributed by atoms with E-state index in [2.05, 4.69) is 75.4 Å². The standard InChI is InChI=1S/C21H23.2ClH.Zr/c1-4-15(3)17-9-11-18(12-10-17)20-8-6-7-19-13-16(5-2)14-21(19)20;;;/h6-15H,4-5H2,1-3H3;2*1H;/q-1;;;+3/p-2. The number of hydrogen-bond acceptors (Lipinski definition) is 0. The van der Waals surface area contributed by atoms with E-state index in [0.29, 0.717) is 5.92 Å². The molecule has 3 aromatic rings. The Kier molecular flexibility index (Phi) is 10.3. The Morgan fingerprint density at radius 3 is 2.21 bits per heavy atom. The molecule has 24 heavy (non-hydrogen) atoms.